The fourth-order valence-corrected chi connectivity index (χ4v) is 1.63. The van der Waals surface area contributed by atoms with E-state index in [1.165, 1.54) is 0 Å². The molecule has 0 radical (unpaired) electrons. The van der Waals surface area contributed by atoms with Crippen LogP contribution in [0.1, 0.15) is 10.5 Å². The molecule has 2 rings (SSSR count). The first-order chi connectivity index (χ1) is 7.08. The Bertz CT molecular complexity index is 551. The van der Waals surface area contributed by atoms with Crippen LogP contribution in [0.25, 0.3) is 10.9 Å². The van der Waals surface area contributed by atoms with Crippen molar-refractivity contribution in [3.63, 3.8) is 0 Å². The molecule has 5 nitrogen and oxygen atoms in total. The molecule has 0 bridgehead atoms. The molecule has 0 aliphatic rings. The van der Waals surface area contributed by atoms with Gasteiger partial charge >= 0.3 is 5.97 Å². The zero-order chi connectivity index (χ0) is 11.0. The number of rotatable bonds is 1. The molecule has 1 aromatic heterocycles. The Morgan fingerprint density at radius 3 is 2.80 bits per heavy atom. The van der Waals surface area contributed by atoms with Crippen LogP contribution in [0.4, 0.5) is 5.95 Å². The third kappa shape index (κ3) is 1.75. The van der Waals surface area contributed by atoms with Gasteiger partial charge in [0.05, 0.1) is 5.52 Å². The number of carboxylic acids is 1. The zero-order valence-electron chi connectivity index (χ0n) is 7.44. The van der Waals surface area contributed by atoms with E-state index in [1.54, 1.807) is 18.2 Å². The molecule has 15 heavy (non-hydrogen) atoms. The van der Waals surface area contributed by atoms with Gasteiger partial charge < -0.3 is 10.8 Å². The minimum Gasteiger partial charge on any atom is -0.476 e. The molecule has 1 aromatic carbocycles. The first-order valence-electron chi connectivity index (χ1n) is 4.04. The van der Waals surface area contributed by atoms with E-state index in [4.69, 9.17) is 10.8 Å². The standard InChI is InChI=1S/C9H6BrN3O2/c10-4-1-2-5-6(3-4)12-9(11)13-7(5)8(14)15/h1-3H,(H,14,15)(H2,11,12,13). The number of nitrogens with zero attached hydrogens (tertiary/aromatic N) is 2. The lowest BCUT2D eigenvalue weighted by Gasteiger charge is -2.02. The van der Waals surface area contributed by atoms with Crippen LogP contribution in [0.2, 0.25) is 0 Å². The fraction of sp³-hybridized carbons (Fsp3) is 0. The number of anilines is 1. The molecule has 0 saturated heterocycles. The number of aromatic carboxylic acids is 1. The number of benzene rings is 1. The van der Waals surface area contributed by atoms with Crippen molar-refractivity contribution in [3.8, 4) is 0 Å². The Morgan fingerprint density at radius 1 is 1.40 bits per heavy atom. The van der Waals surface area contributed by atoms with Crippen LogP contribution in [-0.2, 0) is 0 Å². The van der Waals surface area contributed by atoms with Gasteiger partial charge in [-0.3, -0.25) is 0 Å². The van der Waals surface area contributed by atoms with Crippen molar-refractivity contribution in [1.29, 1.82) is 0 Å². The number of carboxylic acid groups (broad SMARTS) is 1. The predicted octanol–water partition coefficient (Wildman–Crippen LogP) is 1.67. The van der Waals surface area contributed by atoms with Gasteiger partial charge in [-0.25, -0.2) is 14.8 Å². The van der Waals surface area contributed by atoms with Crippen LogP contribution < -0.4 is 5.73 Å². The summed E-state index contributed by atoms with van der Waals surface area (Å²) in [5.74, 6) is -1.16. The first-order valence-corrected chi connectivity index (χ1v) is 4.83. The number of carbonyl (C=O) groups is 1. The number of hydrogen-bond donors (Lipinski definition) is 2. The minimum absolute atomic E-state index is 0.0435. The third-order valence-electron chi connectivity index (χ3n) is 1.88. The van der Waals surface area contributed by atoms with Gasteiger partial charge in [0.25, 0.3) is 0 Å². The molecule has 2 aromatic rings. The van der Waals surface area contributed by atoms with E-state index in [9.17, 15) is 4.79 Å². The van der Waals surface area contributed by atoms with E-state index in [0.29, 0.717) is 10.9 Å². The maximum atomic E-state index is 10.9. The highest BCUT2D eigenvalue weighted by molar-refractivity contribution is 9.10. The minimum atomic E-state index is -1.11. The Morgan fingerprint density at radius 2 is 2.13 bits per heavy atom. The summed E-state index contributed by atoms with van der Waals surface area (Å²) in [5.41, 5.74) is 5.84. The van der Waals surface area contributed by atoms with E-state index in [1.807, 2.05) is 0 Å². The summed E-state index contributed by atoms with van der Waals surface area (Å²) >= 11 is 3.27. The second kappa shape index (κ2) is 3.47. The monoisotopic (exact) mass is 267 g/mol. The molecule has 1 heterocycles. The summed E-state index contributed by atoms with van der Waals surface area (Å²) in [5, 5.41) is 9.39. The van der Waals surface area contributed by atoms with Crippen LogP contribution in [0, 0.1) is 0 Å². The quantitative estimate of drug-likeness (QED) is 0.821. The maximum absolute atomic E-state index is 10.9. The van der Waals surface area contributed by atoms with Gasteiger partial charge in [0.15, 0.2) is 5.69 Å². The van der Waals surface area contributed by atoms with Crippen molar-refractivity contribution in [3.05, 3.63) is 28.4 Å². The zero-order valence-corrected chi connectivity index (χ0v) is 9.02. The van der Waals surface area contributed by atoms with Crippen LogP contribution in [0.15, 0.2) is 22.7 Å². The number of aromatic nitrogens is 2. The van der Waals surface area contributed by atoms with E-state index in [0.717, 1.165) is 4.47 Å². The molecule has 76 valence electrons. The van der Waals surface area contributed by atoms with Crippen molar-refractivity contribution < 1.29 is 9.90 Å². The van der Waals surface area contributed by atoms with Crippen LogP contribution in [-0.4, -0.2) is 21.0 Å². The molecule has 3 N–H and O–H groups in total. The van der Waals surface area contributed by atoms with Crippen molar-refractivity contribution in [1.82, 2.24) is 9.97 Å². The predicted molar refractivity (Wildman–Crippen MR) is 58.6 cm³/mol. The molecule has 0 amide bonds. The van der Waals surface area contributed by atoms with Crippen molar-refractivity contribution >= 4 is 38.8 Å². The Kier molecular flexibility index (Phi) is 2.28. The van der Waals surface area contributed by atoms with E-state index in [-0.39, 0.29) is 11.6 Å². The Balaban J connectivity index is 2.86. The lowest BCUT2D eigenvalue weighted by molar-refractivity contribution is 0.0693. The van der Waals surface area contributed by atoms with Crippen LogP contribution in [0.5, 0.6) is 0 Å². The van der Waals surface area contributed by atoms with E-state index in [2.05, 4.69) is 25.9 Å². The molecule has 0 atom stereocenters. The molecule has 0 saturated carbocycles. The Labute approximate surface area is 93.1 Å². The number of nitrogens with two attached hydrogens (primary N) is 1. The fourth-order valence-electron chi connectivity index (χ4n) is 1.28. The SMILES string of the molecule is Nc1nc(C(=O)O)c2ccc(Br)cc2n1. The average Bonchev–Trinajstić information content (AvgIpc) is 2.15. The molecular formula is C9H6BrN3O2. The first kappa shape index (κ1) is 9.85. The van der Waals surface area contributed by atoms with Gasteiger partial charge in [0.1, 0.15) is 0 Å². The average molecular weight is 268 g/mol. The Hall–Kier alpha value is -1.69. The smallest absolute Gasteiger partial charge is 0.355 e. The van der Waals surface area contributed by atoms with Gasteiger partial charge in [0.2, 0.25) is 5.95 Å². The maximum Gasteiger partial charge on any atom is 0.355 e. The van der Waals surface area contributed by atoms with Crippen molar-refractivity contribution in [2.24, 2.45) is 0 Å². The number of hydrogen-bond acceptors (Lipinski definition) is 4. The van der Waals surface area contributed by atoms with Crippen LogP contribution >= 0.6 is 15.9 Å². The second-order valence-electron chi connectivity index (χ2n) is 2.90. The lowest BCUT2D eigenvalue weighted by atomic mass is 10.2. The molecule has 0 spiro atoms. The van der Waals surface area contributed by atoms with Gasteiger partial charge in [-0.2, -0.15) is 0 Å². The highest BCUT2D eigenvalue weighted by Crippen LogP contribution is 2.21. The summed E-state index contributed by atoms with van der Waals surface area (Å²) in [6, 6.07) is 5.07. The topological polar surface area (TPSA) is 89.1 Å². The second-order valence-corrected chi connectivity index (χ2v) is 3.81. The molecule has 0 aliphatic heterocycles. The third-order valence-corrected chi connectivity index (χ3v) is 2.37. The summed E-state index contributed by atoms with van der Waals surface area (Å²) < 4.78 is 0.810. The molecule has 6 heteroatoms. The van der Waals surface area contributed by atoms with Crippen LogP contribution in [0.3, 0.4) is 0 Å². The van der Waals surface area contributed by atoms with Gasteiger partial charge in [0, 0.05) is 9.86 Å². The normalized spacial score (nSPS) is 10.5. The molecule has 0 aliphatic carbocycles. The van der Waals surface area contributed by atoms with E-state index < -0.39 is 5.97 Å². The number of fused-ring (bicyclic) bond motifs is 1. The number of nitrogen functional groups attached to an aromatic ring is 1. The molecule has 0 unspecified atom stereocenters. The number of halogens is 1. The largest absolute Gasteiger partial charge is 0.476 e. The summed E-state index contributed by atoms with van der Waals surface area (Å²) in [7, 11) is 0. The summed E-state index contributed by atoms with van der Waals surface area (Å²) in [6.07, 6.45) is 0. The highest BCUT2D eigenvalue weighted by Gasteiger charge is 2.12. The van der Waals surface area contributed by atoms with Crippen molar-refractivity contribution in [2.75, 3.05) is 5.73 Å². The molecular weight excluding hydrogens is 262 g/mol. The van der Waals surface area contributed by atoms with E-state index >= 15 is 0 Å². The summed E-state index contributed by atoms with van der Waals surface area (Å²) in [4.78, 5) is 18.5. The van der Waals surface area contributed by atoms with Crippen molar-refractivity contribution in [2.45, 2.75) is 0 Å². The van der Waals surface area contributed by atoms with Gasteiger partial charge in [-0.1, -0.05) is 15.9 Å². The highest BCUT2D eigenvalue weighted by atomic mass is 79.9. The molecule has 0 fully saturated rings. The summed E-state index contributed by atoms with van der Waals surface area (Å²) in [6.45, 7) is 0. The van der Waals surface area contributed by atoms with Gasteiger partial charge in [-0.05, 0) is 18.2 Å². The van der Waals surface area contributed by atoms with Gasteiger partial charge in [-0.15, -0.1) is 0 Å². The lowest BCUT2D eigenvalue weighted by Crippen LogP contribution is -2.06.